The second kappa shape index (κ2) is 4.36. The molecule has 0 saturated carbocycles. The van der Waals surface area contributed by atoms with Crippen LogP contribution in [0.4, 0.5) is 10.1 Å². The number of hydrogen-bond acceptors (Lipinski definition) is 4. The molecule has 1 N–H and O–H groups in total. The minimum atomic E-state index is -1.22. The summed E-state index contributed by atoms with van der Waals surface area (Å²) in [6, 6.07) is 2.79. The summed E-state index contributed by atoms with van der Waals surface area (Å²) in [6.45, 7) is -0.636. The molecular formula is C8H6FNO5. The number of carbonyl (C=O) groups is 1. The first-order valence-corrected chi connectivity index (χ1v) is 3.79. The number of nitro benzene ring substituents is 1. The molecule has 1 aromatic carbocycles. The summed E-state index contributed by atoms with van der Waals surface area (Å²) in [5.41, 5.74) is -0.752. The van der Waals surface area contributed by atoms with Gasteiger partial charge in [-0.25, -0.2) is 4.79 Å². The second-order valence-electron chi connectivity index (χ2n) is 2.55. The number of nitrogens with zero attached hydrogens (tertiary/aromatic N) is 1. The third-order valence-corrected chi connectivity index (χ3v) is 1.48. The molecule has 0 fully saturated rings. The SMILES string of the molecule is O=C(O)COc1ccc(F)c([N+](=O)[O-])c1. The predicted molar refractivity (Wildman–Crippen MR) is 46.2 cm³/mol. The van der Waals surface area contributed by atoms with Crippen molar-refractivity contribution in [3.8, 4) is 5.75 Å². The van der Waals surface area contributed by atoms with Crippen molar-refractivity contribution < 1.29 is 24.0 Å². The van der Waals surface area contributed by atoms with E-state index >= 15 is 0 Å². The molecule has 15 heavy (non-hydrogen) atoms. The Kier molecular flexibility index (Phi) is 3.17. The molecular weight excluding hydrogens is 209 g/mol. The van der Waals surface area contributed by atoms with E-state index in [1.807, 2.05) is 0 Å². The molecule has 0 saturated heterocycles. The number of halogens is 1. The van der Waals surface area contributed by atoms with Gasteiger partial charge in [0.1, 0.15) is 5.75 Å². The normalized spacial score (nSPS) is 9.67. The maximum Gasteiger partial charge on any atom is 0.341 e. The lowest BCUT2D eigenvalue weighted by atomic mass is 10.3. The second-order valence-corrected chi connectivity index (χ2v) is 2.55. The summed E-state index contributed by atoms with van der Waals surface area (Å²) in [6.07, 6.45) is 0. The van der Waals surface area contributed by atoms with E-state index in [1.165, 1.54) is 0 Å². The van der Waals surface area contributed by atoms with E-state index in [0.29, 0.717) is 0 Å². The molecule has 0 aromatic heterocycles. The maximum atomic E-state index is 12.8. The van der Waals surface area contributed by atoms with Crippen molar-refractivity contribution in [2.24, 2.45) is 0 Å². The molecule has 1 aromatic rings. The molecule has 0 unspecified atom stereocenters. The fraction of sp³-hybridized carbons (Fsp3) is 0.125. The van der Waals surface area contributed by atoms with Crippen molar-refractivity contribution in [1.29, 1.82) is 0 Å². The van der Waals surface area contributed by atoms with Crippen LogP contribution in [0.2, 0.25) is 0 Å². The van der Waals surface area contributed by atoms with Crippen molar-refractivity contribution in [2.75, 3.05) is 6.61 Å². The van der Waals surface area contributed by atoms with E-state index in [1.54, 1.807) is 0 Å². The zero-order valence-electron chi connectivity index (χ0n) is 7.34. The van der Waals surface area contributed by atoms with Crippen molar-refractivity contribution in [2.45, 2.75) is 0 Å². The van der Waals surface area contributed by atoms with Crippen LogP contribution in [0.3, 0.4) is 0 Å². The number of nitro groups is 1. The van der Waals surface area contributed by atoms with Crippen LogP contribution in [0.25, 0.3) is 0 Å². The molecule has 0 aliphatic rings. The van der Waals surface area contributed by atoms with Gasteiger partial charge >= 0.3 is 11.7 Å². The summed E-state index contributed by atoms with van der Waals surface area (Å²) in [5, 5.41) is 18.6. The molecule has 6 nitrogen and oxygen atoms in total. The predicted octanol–water partition coefficient (Wildman–Crippen LogP) is 1.20. The van der Waals surface area contributed by atoms with Gasteiger partial charge in [0, 0.05) is 0 Å². The van der Waals surface area contributed by atoms with Gasteiger partial charge in [-0.1, -0.05) is 0 Å². The van der Waals surface area contributed by atoms with Gasteiger partial charge in [-0.3, -0.25) is 10.1 Å². The maximum absolute atomic E-state index is 12.8. The van der Waals surface area contributed by atoms with Crippen LogP contribution in [0, 0.1) is 15.9 Å². The van der Waals surface area contributed by atoms with Gasteiger partial charge in [-0.15, -0.1) is 0 Å². The lowest BCUT2D eigenvalue weighted by Gasteiger charge is -2.02. The highest BCUT2D eigenvalue weighted by Crippen LogP contribution is 2.22. The summed E-state index contributed by atoms with van der Waals surface area (Å²) in [7, 11) is 0. The van der Waals surface area contributed by atoms with E-state index in [9.17, 15) is 19.3 Å². The first-order valence-electron chi connectivity index (χ1n) is 3.79. The van der Waals surface area contributed by atoms with Crippen LogP contribution in [0.1, 0.15) is 0 Å². The summed E-state index contributed by atoms with van der Waals surface area (Å²) >= 11 is 0. The number of benzene rings is 1. The molecule has 0 atom stereocenters. The summed E-state index contributed by atoms with van der Waals surface area (Å²) < 4.78 is 17.4. The highest BCUT2D eigenvalue weighted by atomic mass is 19.1. The smallest absolute Gasteiger partial charge is 0.341 e. The Morgan fingerprint density at radius 2 is 2.27 bits per heavy atom. The number of ether oxygens (including phenoxy) is 1. The van der Waals surface area contributed by atoms with Crippen LogP contribution in [-0.4, -0.2) is 22.6 Å². The third kappa shape index (κ3) is 2.90. The number of carboxylic acid groups (broad SMARTS) is 1. The Balaban J connectivity index is 2.87. The fourth-order valence-electron chi connectivity index (χ4n) is 0.867. The van der Waals surface area contributed by atoms with Gasteiger partial charge in [0.25, 0.3) is 0 Å². The van der Waals surface area contributed by atoms with Crippen molar-refractivity contribution in [3.63, 3.8) is 0 Å². The van der Waals surface area contributed by atoms with Gasteiger partial charge in [0.15, 0.2) is 6.61 Å². The van der Waals surface area contributed by atoms with Gasteiger partial charge in [-0.2, -0.15) is 4.39 Å². The number of carboxylic acids is 1. The molecule has 0 radical (unpaired) electrons. The van der Waals surface area contributed by atoms with Crippen LogP contribution in [0.5, 0.6) is 5.75 Å². The Labute approximate surface area is 83.0 Å². The Hall–Kier alpha value is -2.18. The Bertz CT molecular complexity index is 406. The molecule has 0 aliphatic carbocycles. The first-order chi connectivity index (χ1) is 7.00. The molecule has 80 valence electrons. The monoisotopic (exact) mass is 215 g/mol. The molecule has 0 spiro atoms. The average molecular weight is 215 g/mol. The van der Waals surface area contributed by atoms with E-state index in [-0.39, 0.29) is 5.75 Å². The van der Waals surface area contributed by atoms with Gasteiger partial charge in [0.05, 0.1) is 11.0 Å². The largest absolute Gasteiger partial charge is 0.482 e. The average Bonchev–Trinajstić information content (AvgIpc) is 2.16. The van der Waals surface area contributed by atoms with Crippen LogP contribution in [0.15, 0.2) is 18.2 Å². The Morgan fingerprint density at radius 3 is 2.80 bits per heavy atom. The zero-order chi connectivity index (χ0) is 11.4. The number of rotatable bonds is 4. The van der Waals surface area contributed by atoms with Crippen LogP contribution in [-0.2, 0) is 4.79 Å². The molecule has 0 amide bonds. The fourth-order valence-corrected chi connectivity index (χ4v) is 0.867. The van der Waals surface area contributed by atoms with E-state index in [4.69, 9.17) is 5.11 Å². The van der Waals surface area contributed by atoms with Crippen LogP contribution < -0.4 is 4.74 Å². The first kappa shape index (κ1) is 10.9. The van der Waals surface area contributed by atoms with E-state index < -0.39 is 29.0 Å². The number of hydrogen-bond donors (Lipinski definition) is 1. The molecule has 0 bridgehead atoms. The molecule has 0 heterocycles. The van der Waals surface area contributed by atoms with Crippen molar-refractivity contribution in [3.05, 3.63) is 34.1 Å². The van der Waals surface area contributed by atoms with Crippen LogP contribution >= 0.6 is 0 Å². The minimum Gasteiger partial charge on any atom is -0.482 e. The van der Waals surface area contributed by atoms with E-state index in [0.717, 1.165) is 18.2 Å². The highest BCUT2D eigenvalue weighted by molar-refractivity contribution is 5.68. The standard InChI is InChI=1S/C8H6FNO5/c9-6-2-1-5(15-4-8(11)12)3-7(6)10(13)14/h1-3H,4H2,(H,11,12). The highest BCUT2D eigenvalue weighted by Gasteiger charge is 2.15. The molecule has 7 heteroatoms. The van der Waals surface area contributed by atoms with Crippen molar-refractivity contribution in [1.82, 2.24) is 0 Å². The zero-order valence-corrected chi connectivity index (χ0v) is 7.34. The van der Waals surface area contributed by atoms with Gasteiger partial charge in [-0.05, 0) is 12.1 Å². The lowest BCUT2D eigenvalue weighted by Crippen LogP contribution is -2.09. The topological polar surface area (TPSA) is 89.7 Å². The summed E-state index contributed by atoms with van der Waals surface area (Å²) in [4.78, 5) is 19.5. The Morgan fingerprint density at radius 1 is 1.60 bits per heavy atom. The summed E-state index contributed by atoms with van der Waals surface area (Å²) in [5.74, 6) is -2.28. The third-order valence-electron chi connectivity index (χ3n) is 1.48. The lowest BCUT2D eigenvalue weighted by molar-refractivity contribution is -0.387. The quantitative estimate of drug-likeness (QED) is 0.601. The molecule has 1 rings (SSSR count). The van der Waals surface area contributed by atoms with Crippen molar-refractivity contribution >= 4 is 11.7 Å². The van der Waals surface area contributed by atoms with E-state index in [2.05, 4.69) is 4.74 Å². The number of aliphatic carboxylic acids is 1. The van der Waals surface area contributed by atoms with Gasteiger partial charge < -0.3 is 9.84 Å². The minimum absolute atomic E-state index is 0.0644. The molecule has 0 aliphatic heterocycles. The van der Waals surface area contributed by atoms with Gasteiger partial charge in [0.2, 0.25) is 5.82 Å².